The largest absolute Gasteiger partial charge is 0.465 e. The van der Waals surface area contributed by atoms with Gasteiger partial charge in [0.05, 0.1) is 37.5 Å². The maximum absolute atomic E-state index is 13.1. The first-order valence-electron chi connectivity index (χ1n) is 9.01. The SMILES string of the molecule is COC(=O)C1=C(C)N(Cc2ccccc2)C(=O)/C1=C\c1ccc(C(=O)OC)cc1. The molecule has 0 saturated carbocycles. The van der Waals surface area contributed by atoms with Crippen LogP contribution in [0.1, 0.15) is 28.4 Å². The first-order valence-corrected chi connectivity index (χ1v) is 9.01. The summed E-state index contributed by atoms with van der Waals surface area (Å²) in [6.45, 7) is 2.08. The summed E-state index contributed by atoms with van der Waals surface area (Å²) in [5, 5.41) is 0. The molecule has 1 amide bonds. The van der Waals surface area contributed by atoms with E-state index in [0.29, 0.717) is 23.4 Å². The monoisotopic (exact) mass is 391 g/mol. The Balaban J connectivity index is 1.98. The number of ether oxygens (including phenoxy) is 2. The topological polar surface area (TPSA) is 72.9 Å². The van der Waals surface area contributed by atoms with Crippen LogP contribution in [0.3, 0.4) is 0 Å². The predicted molar refractivity (Wildman–Crippen MR) is 107 cm³/mol. The van der Waals surface area contributed by atoms with Gasteiger partial charge in [0.2, 0.25) is 0 Å². The molecule has 0 aliphatic carbocycles. The molecule has 1 aliphatic heterocycles. The number of amides is 1. The van der Waals surface area contributed by atoms with Gasteiger partial charge in [0.1, 0.15) is 0 Å². The van der Waals surface area contributed by atoms with Crippen LogP contribution >= 0.6 is 0 Å². The van der Waals surface area contributed by atoms with Gasteiger partial charge in [0.15, 0.2) is 0 Å². The van der Waals surface area contributed by atoms with Gasteiger partial charge in [-0.05, 0) is 36.3 Å². The molecule has 0 spiro atoms. The molecule has 1 aliphatic rings. The summed E-state index contributed by atoms with van der Waals surface area (Å²) in [5.41, 5.74) is 3.08. The van der Waals surface area contributed by atoms with Crippen molar-refractivity contribution in [1.82, 2.24) is 4.90 Å². The van der Waals surface area contributed by atoms with Gasteiger partial charge in [0.25, 0.3) is 5.91 Å². The fourth-order valence-electron chi connectivity index (χ4n) is 3.18. The number of methoxy groups -OCH3 is 2. The Hall–Kier alpha value is -3.67. The van der Waals surface area contributed by atoms with Gasteiger partial charge < -0.3 is 14.4 Å². The van der Waals surface area contributed by atoms with Crippen LogP contribution in [0.5, 0.6) is 0 Å². The lowest BCUT2D eigenvalue weighted by atomic mass is 10.0. The first-order chi connectivity index (χ1) is 14.0. The average molecular weight is 391 g/mol. The summed E-state index contributed by atoms with van der Waals surface area (Å²) in [6, 6.07) is 16.1. The summed E-state index contributed by atoms with van der Waals surface area (Å²) in [4.78, 5) is 38.7. The van der Waals surface area contributed by atoms with E-state index in [4.69, 9.17) is 9.47 Å². The minimum absolute atomic E-state index is 0.241. The molecule has 0 radical (unpaired) electrons. The molecule has 1 heterocycles. The normalized spacial score (nSPS) is 15.1. The Morgan fingerprint density at radius 3 is 2.14 bits per heavy atom. The lowest BCUT2D eigenvalue weighted by molar-refractivity contribution is -0.136. The number of rotatable bonds is 5. The molecule has 2 aromatic rings. The van der Waals surface area contributed by atoms with Crippen molar-refractivity contribution in [3.63, 3.8) is 0 Å². The molecule has 0 unspecified atom stereocenters. The average Bonchev–Trinajstić information content (AvgIpc) is 2.98. The third kappa shape index (κ3) is 4.11. The van der Waals surface area contributed by atoms with Crippen molar-refractivity contribution in [2.45, 2.75) is 13.5 Å². The summed E-state index contributed by atoms with van der Waals surface area (Å²) in [6.07, 6.45) is 1.63. The molecule has 0 saturated heterocycles. The van der Waals surface area contributed by atoms with Crippen molar-refractivity contribution in [2.75, 3.05) is 14.2 Å². The molecule has 3 rings (SSSR count). The third-order valence-corrected chi connectivity index (χ3v) is 4.73. The molecular formula is C23H21NO5. The highest BCUT2D eigenvalue weighted by Crippen LogP contribution is 2.32. The van der Waals surface area contributed by atoms with Crippen LogP contribution in [0.2, 0.25) is 0 Å². The zero-order valence-corrected chi connectivity index (χ0v) is 16.5. The highest BCUT2D eigenvalue weighted by atomic mass is 16.5. The molecule has 6 nitrogen and oxygen atoms in total. The lowest BCUT2D eigenvalue weighted by Crippen LogP contribution is -2.24. The van der Waals surface area contributed by atoms with E-state index >= 15 is 0 Å². The molecule has 2 aromatic carbocycles. The van der Waals surface area contributed by atoms with Gasteiger partial charge in [-0.25, -0.2) is 9.59 Å². The maximum atomic E-state index is 13.1. The molecule has 29 heavy (non-hydrogen) atoms. The molecule has 6 heteroatoms. The van der Waals surface area contributed by atoms with Crippen molar-refractivity contribution >= 4 is 23.9 Å². The Morgan fingerprint density at radius 1 is 0.931 bits per heavy atom. The Labute approximate surface area is 169 Å². The van der Waals surface area contributed by atoms with Crippen LogP contribution in [0, 0.1) is 0 Å². The summed E-state index contributed by atoms with van der Waals surface area (Å²) >= 11 is 0. The van der Waals surface area contributed by atoms with E-state index < -0.39 is 11.9 Å². The highest BCUT2D eigenvalue weighted by Gasteiger charge is 2.36. The fraction of sp³-hybridized carbons (Fsp3) is 0.174. The van der Waals surface area contributed by atoms with Gasteiger partial charge in [-0.2, -0.15) is 0 Å². The van der Waals surface area contributed by atoms with Gasteiger partial charge in [-0.15, -0.1) is 0 Å². The Kier molecular flexibility index (Phi) is 5.93. The minimum atomic E-state index is -0.566. The van der Waals surface area contributed by atoms with E-state index in [1.165, 1.54) is 14.2 Å². The second-order valence-electron chi connectivity index (χ2n) is 6.50. The second kappa shape index (κ2) is 8.56. The summed E-state index contributed by atoms with van der Waals surface area (Å²) in [5.74, 6) is -1.28. The number of nitrogens with zero attached hydrogens (tertiary/aromatic N) is 1. The van der Waals surface area contributed by atoms with E-state index in [2.05, 4.69) is 0 Å². The van der Waals surface area contributed by atoms with Gasteiger partial charge >= 0.3 is 11.9 Å². The van der Waals surface area contributed by atoms with Crippen LogP contribution in [0.4, 0.5) is 0 Å². The van der Waals surface area contributed by atoms with Gasteiger partial charge in [0, 0.05) is 5.70 Å². The van der Waals surface area contributed by atoms with Crippen LogP contribution in [-0.4, -0.2) is 37.0 Å². The standard InChI is InChI=1S/C23H21NO5/c1-15-20(23(27)29-3)19(13-16-9-11-18(12-10-16)22(26)28-2)21(25)24(15)14-17-7-5-4-6-8-17/h4-13H,14H2,1-3H3/b19-13-. The molecule has 0 atom stereocenters. The smallest absolute Gasteiger partial charge is 0.340 e. The third-order valence-electron chi connectivity index (χ3n) is 4.73. The lowest BCUT2D eigenvalue weighted by Gasteiger charge is -2.17. The van der Waals surface area contributed by atoms with E-state index in [0.717, 1.165) is 5.56 Å². The fourth-order valence-corrected chi connectivity index (χ4v) is 3.18. The van der Waals surface area contributed by atoms with Gasteiger partial charge in [-0.1, -0.05) is 42.5 Å². The molecule has 0 bridgehead atoms. The zero-order chi connectivity index (χ0) is 21.0. The predicted octanol–water partition coefficient (Wildman–Crippen LogP) is 3.35. The molecule has 0 aromatic heterocycles. The van der Waals surface area contributed by atoms with Crippen LogP contribution in [0.25, 0.3) is 6.08 Å². The van der Waals surface area contributed by atoms with Crippen LogP contribution < -0.4 is 0 Å². The van der Waals surface area contributed by atoms with E-state index in [9.17, 15) is 14.4 Å². The second-order valence-corrected chi connectivity index (χ2v) is 6.50. The highest BCUT2D eigenvalue weighted by molar-refractivity contribution is 6.16. The molecule has 0 N–H and O–H groups in total. The Morgan fingerprint density at radius 2 is 1.55 bits per heavy atom. The van der Waals surface area contributed by atoms with Gasteiger partial charge in [-0.3, -0.25) is 4.79 Å². The maximum Gasteiger partial charge on any atom is 0.340 e. The van der Waals surface area contributed by atoms with Crippen molar-refractivity contribution < 1.29 is 23.9 Å². The van der Waals surface area contributed by atoms with Crippen LogP contribution in [-0.2, 0) is 25.6 Å². The summed E-state index contributed by atoms with van der Waals surface area (Å²) in [7, 11) is 2.60. The number of hydrogen-bond acceptors (Lipinski definition) is 5. The zero-order valence-electron chi connectivity index (χ0n) is 16.5. The molecular weight excluding hydrogens is 370 g/mol. The van der Waals surface area contributed by atoms with E-state index in [-0.39, 0.29) is 17.1 Å². The van der Waals surface area contributed by atoms with E-state index in [1.807, 2.05) is 30.3 Å². The number of esters is 2. The number of benzene rings is 2. The Bertz CT molecular complexity index is 1000. The first kappa shape index (κ1) is 20.1. The quantitative estimate of drug-likeness (QED) is 0.577. The number of carbonyl (C=O) groups excluding carboxylic acids is 3. The number of hydrogen-bond donors (Lipinski definition) is 0. The van der Waals surface area contributed by atoms with Crippen molar-refractivity contribution in [2.24, 2.45) is 0 Å². The van der Waals surface area contributed by atoms with E-state index in [1.54, 1.807) is 42.2 Å². The number of carbonyl (C=O) groups is 3. The number of allylic oxidation sites excluding steroid dienone is 1. The minimum Gasteiger partial charge on any atom is -0.465 e. The van der Waals surface area contributed by atoms with Crippen LogP contribution in [0.15, 0.2) is 71.4 Å². The molecule has 148 valence electrons. The summed E-state index contributed by atoms with van der Waals surface area (Å²) < 4.78 is 9.60. The molecule has 0 fully saturated rings. The van der Waals surface area contributed by atoms with Crippen molar-refractivity contribution in [3.8, 4) is 0 Å². The van der Waals surface area contributed by atoms with Crippen molar-refractivity contribution in [3.05, 3.63) is 88.1 Å². The van der Waals surface area contributed by atoms with Crippen molar-refractivity contribution in [1.29, 1.82) is 0 Å².